The average molecular weight is 508 g/mol. The Balaban J connectivity index is 0.00000300. The van der Waals surface area contributed by atoms with Gasteiger partial charge in [-0.1, -0.05) is 30.3 Å². The molecule has 29 heavy (non-hydrogen) atoms. The lowest BCUT2D eigenvalue weighted by molar-refractivity contribution is -0.119. The topological polar surface area (TPSA) is 102 Å². The van der Waals surface area contributed by atoms with Crippen molar-refractivity contribution >= 4 is 46.8 Å². The van der Waals surface area contributed by atoms with Gasteiger partial charge in [-0.25, -0.2) is 0 Å². The maximum Gasteiger partial charge on any atom is 0.255 e. The third-order valence-corrected chi connectivity index (χ3v) is 4.19. The van der Waals surface area contributed by atoms with Gasteiger partial charge in [0.1, 0.15) is 17.1 Å². The number of carbonyl (C=O) groups is 1. The number of furan rings is 1. The second kappa shape index (κ2) is 10.7. The highest BCUT2D eigenvalue weighted by Crippen LogP contribution is 2.23. The van der Waals surface area contributed by atoms with E-state index in [4.69, 9.17) is 14.9 Å². The summed E-state index contributed by atoms with van der Waals surface area (Å²) < 4.78 is 11.2. The fraction of sp³-hybridized carbons (Fsp3) is 0.238. The van der Waals surface area contributed by atoms with Crippen molar-refractivity contribution in [2.75, 3.05) is 13.7 Å². The van der Waals surface area contributed by atoms with E-state index in [1.807, 2.05) is 55.5 Å². The standard InChI is InChI=1S/C21H24N4O3.HI/c1-14(19-11-16-7-3-4-9-18(16)28-19)25-21(23-2)24-12-15-6-5-8-17(10-15)27-13-20(22)26;/h3-11,14H,12-13H2,1-2H3,(H2,22,26)(H2,23,24,25);1H. The van der Waals surface area contributed by atoms with Crippen LogP contribution in [0.4, 0.5) is 0 Å². The lowest BCUT2D eigenvalue weighted by Gasteiger charge is -2.16. The third kappa shape index (κ3) is 6.38. The van der Waals surface area contributed by atoms with Crippen molar-refractivity contribution in [1.29, 1.82) is 0 Å². The SMILES string of the molecule is CN=C(NCc1cccc(OCC(N)=O)c1)NC(C)c1cc2ccccc2o1.I. The number of guanidine groups is 1. The summed E-state index contributed by atoms with van der Waals surface area (Å²) in [4.78, 5) is 15.1. The summed E-state index contributed by atoms with van der Waals surface area (Å²) in [5, 5.41) is 7.65. The Morgan fingerprint density at radius 2 is 2.00 bits per heavy atom. The number of ether oxygens (including phenoxy) is 1. The van der Waals surface area contributed by atoms with E-state index in [2.05, 4.69) is 15.6 Å². The molecule has 0 fully saturated rings. The minimum atomic E-state index is -0.507. The Hall–Kier alpha value is -2.75. The van der Waals surface area contributed by atoms with E-state index in [-0.39, 0.29) is 36.6 Å². The molecule has 0 spiro atoms. The number of hydrogen-bond acceptors (Lipinski definition) is 4. The molecular formula is C21H25IN4O3. The number of primary amides is 1. The number of nitrogens with two attached hydrogens (primary N) is 1. The molecule has 0 aliphatic rings. The number of amides is 1. The van der Waals surface area contributed by atoms with Gasteiger partial charge in [-0.3, -0.25) is 9.79 Å². The first-order chi connectivity index (χ1) is 13.5. The Morgan fingerprint density at radius 3 is 2.72 bits per heavy atom. The molecule has 4 N–H and O–H groups in total. The third-order valence-electron chi connectivity index (χ3n) is 4.19. The predicted octanol–water partition coefficient (Wildman–Crippen LogP) is 3.34. The Bertz CT molecular complexity index is 954. The van der Waals surface area contributed by atoms with Crippen molar-refractivity contribution in [3.63, 3.8) is 0 Å². The number of aliphatic imine (C=N–C) groups is 1. The summed E-state index contributed by atoms with van der Waals surface area (Å²) in [6, 6.07) is 17.3. The van der Waals surface area contributed by atoms with Gasteiger partial charge in [0.05, 0.1) is 6.04 Å². The molecule has 1 unspecified atom stereocenters. The monoisotopic (exact) mass is 508 g/mol. The number of nitrogens with zero attached hydrogens (tertiary/aromatic N) is 1. The molecule has 1 heterocycles. The number of halogens is 1. The van der Waals surface area contributed by atoms with E-state index < -0.39 is 5.91 Å². The smallest absolute Gasteiger partial charge is 0.255 e. The summed E-state index contributed by atoms with van der Waals surface area (Å²) in [5.74, 6) is 1.58. The van der Waals surface area contributed by atoms with E-state index in [9.17, 15) is 4.79 Å². The van der Waals surface area contributed by atoms with Crippen LogP contribution in [0.2, 0.25) is 0 Å². The predicted molar refractivity (Wildman–Crippen MR) is 125 cm³/mol. The Kier molecular flexibility index (Phi) is 8.32. The summed E-state index contributed by atoms with van der Waals surface area (Å²) in [7, 11) is 1.72. The van der Waals surface area contributed by atoms with Crippen molar-refractivity contribution in [1.82, 2.24) is 10.6 Å². The highest BCUT2D eigenvalue weighted by molar-refractivity contribution is 14.0. The summed E-state index contributed by atoms with van der Waals surface area (Å²) in [5.41, 5.74) is 6.96. The fourth-order valence-corrected chi connectivity index (χ4v) is 2.77. The number of hydrogen-bond donors (Lipinski definition) is 3. The van der Waals surface area contributed by atoms with Gasteiger partial charge in [0.2, 0.25) is 0 Å². The van der Waals surface area contributed by atoms with Crippen LogP contribution in [-0.4, -0.2) is 25.5 Å². The molecule has 1 atom stereocenters. The van der Waals surface area contributed by atoms with Gasteiger partial charge in [-0.05, 0) is 36.8 Å². The lowest BCUT2D eigenvalue weighted by atomic mass is 10.2. The van der Waals surface area contributed by atoms with Crippen molar-refractivity contribution in [2.24, 2.45) is 10.7 Å². The number of para-hydroxylation sites is 1. The largest absolute Gasteiger partial charge is 0.484 e. The van der Waals surface area contributed by atoms with Crippen LogP contribution >= 0.6 is 24.0 Å². The fourth-order valence-electron chi connectivity index (χ4n) is 2.77. The zero-order chi connectivity index (χ0) is 19.9. The quantitative estimate of drug-likeness (QED) is 0.258. The maximum absolute atomic E-state index is 10.8. The van der Waals surface area contributed by atoms with E-state index in [0.717, 1.165) is 22.3 Å². The van der Waals surface area contributed by atoms with Crippen LogP contribution in [0.5, 0.6) is 5.75 Å². The van der Waals surface area contributed by atoms with E-state index in [0.29, 0.717) is 18.3 Å². The number of fused-ring (bicyclic) bond motifs is 1. The average Bonchev–Trinajstić information content (AvgIpc) is 3.14. The van der Waals surface area contributed by atoms with Gasteiger partial charge in [-0.2, -0.15) is 0 Å². The minimum Gasteiger partial charge on any atom is -0.484 e. The van der Waals surface area contributed by atoms with Crippen LogP contribution in [0, 0.1) is 0 Å². The Labute approximate surface area is 186 Å². The first-order valence-electron chi connectivity index (χ1n) is 9.01. The number of nitrogens with one attached hydrogen (secondary N) is 2. The molecule has 0 bridgehead atoms. The molecule has 0 saturated heterocycles. The summed E-state index contributed by atoms with van der Waals surface area (Å²) in [6.07, 6.45) is 0. The van der Waals surface area contributed by atoms with Gasteiger partial charge in [-0.15, -0.1) is 24.0 Å². The number of benzene rings is 2. The van der Waals surface area contributed by atoms with Crippen LogP contribution in [0.3, 0.4) is 0 Å². The second-order valence-electron chi connectivity index (χ2n) is 6.38. The van der Waals surface area contributed by atoms with Crippen LogP contribution < -0.4 is 21.1 Å². The van der Waals surface area contributed by atoms with Crippen LogP contribution in [0.1, 0.15) is 24.3 Å². The molecule has 1 amide bonds. The molecule has 0 radical (unpaired) electrons. The summed E-state index contributed by atoms with van der Waals surface area (Å²) >= 11 is 0. The van der Waals surface area contributed by atoms with Gasteiger partial charge in [0.15, 0.2) is 12.6 Å². The van der Waals surface area contributed by atoms with Crippen molar-refractivity contribution in [3.8, 4) is 5.75 Å². The molecule has 3 rings (SSSR count). The van der Waals surface area contributed by atoms with E-state index in [1.165, 1.54) is 0 Å². The second-order valence-corrected chi connectivity index (χ2v) is 6.38. The minimum absolute atomic E-state index is 0. The first kappa shape index (κ1) is 22.5. The molecule has 8 heteroatoms. The van der Waals surface area contributed by atoms with Gasteiger partial charge >= 0.3 is 0 Å². The number of carbonyl (C=O) groups excluding carboxylic acids is 1. The van der Waals surface area contributed by atoms with Crippen molar-refractivity contribution in [3.05, 3.63) is 65.9 Å². The molecule has 154 valence electrons. The first-order valence-corrected chi connectivity index (χ1v) is 9.01. The molecule has 2 aromatic carbocycles. The molecule has 1 aromatic heterocycles. The zero-order valence-corrected chi connectivity index (χ0v) is 18.7. The van der Waals surface area contributed by atoms with Gasteiger partial charge < -0.3 is 25.5 Å². The van der Waals surface area contributed by atoms with E-state index in [1.54, 1.807) is 13.1 Å². The summed E-state index contributed by atoms with van der Waals surface area (Å²) in [6.45, 7) is 2.41. The molecule has 3 aromatic rings. The lowest BCUT2D eigenvalue weighted by Crippen LogP contribution is -2.38. The van der Waals surface area contributed by atoms with Gasteiger partial charge in [0.25, 0.3) is 5.91 Å². The number of rotatable bonds is 7. The van der Waals surface area contributed by atoms with E-state index >= 15 is 0 Å². The Morgan fingerprint density at radius 1 is 1.21 bits per heavy atom. The molecule has 0 saturated carbocycles. The maximum atomic E-state index is 10.8. The van der Waals surface area contributed by atoms with Crippen LogP contribution in [-0.2, 0) is 11.3 Å². The highest BCUT2D eigenvalue weighted by Gasteiger charge is 2.13. The highest BCUT2D eigenvalue weighted by atomic mass is 127. The van der Waals surface area contributed by atoms with Crippen molar-refractivity contribution in [2.45, 2.75) is 19.5 Å². The van der Waals surface area contributed by atoms with Crippen LogP contribution in [0.25, 0.3) is 11.0 Å². The van der Waals surface area contributed by atoms with Gasteiger partial charge in [0, 0.05) is 19.0 Å². The van der Waals surface area contributed by atoms with Crippen molar-refractivity contribution < 1.29 is 13.9 Å². The molecule has 0 aliphatic carbocycles. The normalized spacial score (nSPS) is 12.1. The molecule has 7 nitrogen and oxygen atoms in total. The van der Waals surface area contributed by atoms with Crippen LogP contribution in [0.15, 0.2) is 64.0 Å². The molecular weight excluding hydrogens is 483 g/mol. The molecule has 0 aliphatic heterocycles. The zero-order valence-electron chi connectivity index (χ0n) is 16.3.